The van der Waals surface area contributed by atoms with Crippen LogP contribution in [0.15, 0.2) is 24.0 Å². The van der Waals surface area contributed by atoms with E-state index in [1.54, 1.807) is 14.2 Å². The predicted octanol–water partition coefficient (Wildman–Crippen LogP) is 7.18. The van der Waals surface area contributed by atoms with Crippen LogP contribution >= 0.6 is 0 Å². The normalized spacial score (nSPS) is 14.9. The molecule has 0 bridgehead atoms. The fourth-order valence-electron chi connectivity index (χ4n) is 6.36. The molecule has 0 aromatic heterocycles. The zero-order valence-electron chi connectivity index (χ0n) is 26.6. The number of hydrogen-bond donors (Lipinski definition) is 0. The smallest absolute Gasteiger partial charge is 0.164 e. The van der Waals surface area contributed by atoms with Gasteiger partial charge in [-0.15, -0.1) is 0 Å². The third kappa shape index (κ3) is 12.9. The number of unbranched alkanes of at least 4 members (excludes halogenated alkanes) is 15. The van der Waals surface area contributed by atoms with Crippen LogP contribution in [0.25, 0.3) is 5.76 Å². The summed E-state index contributed by atoms with van der Waals surface area (Å²) in [5.74, 6) is 2.27. The van der Waals surface area contributed by atoms with Crippen molar-refractivity contribution >= 4 is 5.76 Å². The fourth-order valence-corrected chi connectivity index (χ4v) is 6.36. The lowest BCUT2D eigenvalue weighted by Gasteiger charge is -2.30. The number of methoxy groups -OCH3 is 2. The Hall–Kier alpha value is -1.19. The van der Waals surface area contributed by atoms with E-state index in [1.165, 1.54) is 139 Å². The largest absolute Gasteiger partial charge is 1.00 e. The number of ether oxygens (including phenoxy) is 2. The number of fused-ring (bicyclic) bond motifs is 1. The van der Waals surface area contributed by atoms with Gasteiger partial charge in [0.1, 0.15) is 5.76 Å². The molecule has 1 atom stereocenters. The van der Waals surface area contributed by atoms with Crippen molar-refractivity contribution in [3.8, 4) is 0 Å². The predicted molar refractivity (Wildman–Crippen MR) is 165 cm³/mol. The van der Waals surface area contributed by atoms with Gasteiger partial charge >= 0.3 is 0 Å². The van der Waals surface area contributed by atoms with Crippen molar-refractivity contribution in [3.05, 3.63) is 40.6 Å². The number of allylic oxidation sites excluding steroid dienone is 1. The first-order chi connectivity index (χ1) is 18.4. The Kier molecular flexibility index (Phi) is 19.0. The zero-order valence-corrected chi connectivity index (χ0v) is 27.3. The molecule has 0 saturated carbocycles. The van der Waals surface area contributed by atoms with Crippen molar-refractivity contribution < 1.29 is 26.4 Å². The van der Waals surface area contributed by atoms with Crippen molar-refractivity contribution in [2.75, 3.05) is 41.4 Å². The van der Waals surface area contributed by atoms with E-state index in [0.717, 1.165) is 22.4 Å². The van der Waals surface area contributed by atoms with Crippen molar-refractivity contribution in [3.63, 3.8) is 0 Å². The lowest BCUT2D eigenvalue weighted by atomic mass is 9.93. The molecule has 0 saturated heterocycles. The molecule has 1 aromatic carbocycles. The van der Waals surface area contributed by atoms with Crippen molar-refractivity contribution in [1.29, 1.82) is 0 Å². The van der Waals surface area contributed by atoms with Crippen LogP contribution in [0, 0.1) is 6.92 Å². The molecule has 0 spiro atoms. The lowest BCUT2D eigenvalue weighted by molar-refractivity contribution is -0.890. The zero-order chi connectivity index (χ0) is 27.6. The highest BCUT2D eigenvalue weighted by molar-refractivity contribution is 5.75. The van der Waals surface area contributed by atoms with Gasteiger partial charge in [0.2, 0.25) is 0 Å². The molecule has 0 aliphatic heterocycles. The molecular formula is C35H62ClNO2. The Bertz CT molecular complexity index is 804. The molecule has 1 aliphatic carbocycles. The van der Waals surface area contributed by atoms with E-state index < -0.39 is 0 Å². The summed E-state index contributed by atoms with van der Waals surface area (Å²) in [4.78, 5) is 0. The monoisotopic (exact) mass is 563 g/mol. The summed E-state index contributed by atoms with van der Waals surface area (Å²) in [6.45, 7) is 6.98. The maximum absolute atomic E-state index is 5.86. The molecule has 0 amide bonds. The molecule has 1 unspecified atom stereocenters. The van der Waals surface area contributed by atoms with E-state index in [1.807, 2.05) is 0 Å². The fraction of sp³-hybridized carbons (Fsp3) is 0.771. The first-order valence-corrected chi connectivity index (χ1v) is 16.2. The second-order valence-electron chi connectivity index (χ2n) is 12.5. The van der Waals surface area contributed by atoms with Gasteiger partial charge in [-0.25, -0.2) is 0 Å². The Morgan fingerprint density at radius 2 is 1.15 bits per heavy atom. The number of halogens is 1. The summed E-state index contributed by atoms with van der Waals surface area (Å²) in [5.41, 5.74) is 3.90. The van der Waals surface area contributed by atoms with Gasteiger partial charge in [-0.05, 0) is 43.7 Å². The van der Waals surface area contributed by atoms with Gasteiger partial charge in [-0.3, -0.25) is 0 Å². The van der Waals surface area contributed by atoms with Gasteiger partial charge in [-0.1, -0.05) is 115 Å². The summed E-state index contributed by atoms with van der Waals surface area (Å²) in [7, 11) is 8.38. The highest BCUT2D eigenvalue weighted by Crippen LogP contribution is 2.46. The Balaban J connectivity index is 0.00000760. The number of aryl methyl sites for hydroxylation is 1. The topological polar surface area (TPSA) is 18.5 Å². The van der Waals surface area contributed by atoms with E-state index in [9.17, 15) is 0 Å². The highest BCUT2D eigenvalue weighted by atomic mass is 35.5. The second kappa shape index (κ2) is 20.7. The average molecular weight is 564 g/mol. The second-order valence-corrected chi connectivity index (χ2v) is 12.5. The molecule has 0 fully saturated rings. The van der Waals surface area contributed by atoms with Crippen molar-refractivity contribution in [2.45, 2.75) is 135 Å². The molecule has 0 N–H and O–H groups in total. The van der Waals surface area contributed by atoms with Crippen molar-refractivity contribution in [1.82, 2.24) is 0 Å². The number of rotatable bonds is 23. The molecule has 2 rings (SSSR count). The van der Waals surface area contributed by atoms with Crippen LogP contribution in [0.5, 0.6) is 0 Å². The SMILES string of the molecule is CCCCCCCCCCCCCCCCCC[N+](C)(C)CCCC1C(OC)=C(OC)c2c(C)cccc21.[Cl-]. The van der Waals surface area contributed by atoms with Crippen LogP contribution in [-0.2, 0) is 9.47 Å². The number of hydrogen-bond acceptors (Lipinski definition) is 2. The standard InChI is InChI=1S/C35H62NO2.ClH/c1-7-8-9-10-11-12-13-14-15-16-17-18-19-20-21-22-28-36(3,4)29-24-27-32-31-26-23-25-30(2)33(31)35(38-6)34(32)37-5;/h23,25-26,32H,7-22,24,27-29H2,1-6H3;1H/q+1;/p-1. The van der Waals surface area contributed by atoms with E-state index in [-0.39, 0.29) is 12.4 Å². The van der Waals surface area contributed by atoms with Crippen LogP contribution in [-0.4, -0.2) is 45.9 Å². The first-order valence-electron chi connectivity index (χ1n) is 16.2. The molecular weight excluding hydrogens is 502 g/mol. The van der Waals surface area contributed by atoms with Crippen LogP contribution in [0.3, 0.4) is 0 Å². The third-order valence-electron chi connectivity index (χ3n) is 8.75. The average Bonchev–Trinajstić information content (AvgIpc) is 3.22. The number of nitrogens with zero attached hydrogens (tertiary/aromatic N) is 1. The molecule has 0 radical (unpaired) electrons. The molecule has 4 heteroatoms. The van der Waals surface area contributed by atoms with E-state index >= 15 is 0 Å². The summed E-state index contributed by atoms with van der Waals surface area (Å²) < 4.78 is 12.8. The lowest BCUT2D eigenvalue weighted by Crippen LogP contribution is -3.00. The number of benzene rings is 1. The molecule has 3 nitrogen and oxygen atoms in total. The summed E-state index contributed by atoms with van der Waals surface area (Å²) >= 11 is 0. The van der Waals surface area contributed by atoms with Crippen molar-refractivity contribution in [2.24, 2.45) is 0 Å². The Labute approximate surface area is 249 Å². The third-order valence-corrected chi connectivity index (χ3v) is 8.75. The van der Waals surface area contributed by atoms with E-state index in [4.69, 9.17) is 9.47 Å². The first kappa shape index (κ1) is 35.8. The Morgan fingerprint density at radius 1 is 0.667 bits per heavy atom. The summed E-state index contributed by atoms with van der Waals surface area (Å²) in [5, 5.41) is 0. The molecule has 226 valence electrons. The van der Waals surface area contributed by atoms with Crippen LogP contribution in [0.4, 0.5) is 0 Å². The van der Waals surface area contributed by atoms with Gasteiger partial charge in [0.15, 0.2) is 5.76 Å². The van der Waals surface area contributed by atoms with Gasteiger partial charge in [0.25, 0.3) is 0 Å². The molecule has 1 aliphatic rings. The maximum atomic E-state index is 5.86. The Morgan fingerprint density at radius 3 is 1.64 bits per heavy atom. The van der Waals surface area contributed by atoms with Gasteiger partial charge in [0.05, 0.1) is 41.4 Å². The molecule has 0 heterocycles. The minimum Gasteiger partial charge on any atom is -1.00 e. The number of quaternary nitrogens is 1. The van der Waals surface area contributed by atoms with Crippen LogP contribution < -0.4 is 12.4 Å². The van der Waals surface area contributed by atoms with Crippen LogP contribution in [0.2, 0.25) is 0 Å². The highest BCUT2D eigenvalue weighted by Gasteiger charge is 2.34. The van der Waals surface area contributed by atoms with E-state index in [0.29, 0.717) is 5.92 Å². The van der Waals surface area contributed by atoms with E-state index in [2.05, 4.69) is 46.1 Å². The minimum atomic E-state index is 0. The van der Waals surface area contributed by atoms with Crippen LogP contribution in [0.1, 0.15) is 145 Å². The maximum Gasteiger partial charge on any atom is 0.164 e. The van der Waals surface area contributed by atoms with Gasteiger partial charge in [0, 0.05) is 11.5 Å². The summed E-state index contributed by atoms with van der Waals surface area (Å²) in [6.07, 6.45) is 25.3. The molecule has 39 heavy (non-hydrogen) atoms. The summed E-state index contributed by atoms with van der Waals surface area (Å²) in [6, 6.07) is 6.60. The molecule has 1 aromatic rings. The minimum absolute atomic E-state index is 0. The van der Waals surface area contributed by atoms with Gasteiger partial charge in [-0.2, -0.15) is 0 Å². The van der Waals surface area contributed by atoms with Gasteiger partial charge < -0.3 is 26.4 Å². The quantitative estimate of drug-likeness (QED) is 0.104.